The highest BCUT2D eigenvalue weighted by Crippen LogP contribution is 2.28. The third-order valence-corrected chi connectivity index (χ3v) is 5.39. The molecule has 2 heterocycles. The van der Waals surface area contributed by atoms with Crippen LogP contribution in [-0.4, -0.2) is 69.9 Å². The molecule has 1 fully saturated rings. The van der Waals surface area contributed by atoms with Crippen molar-refractivity contribution in [2.75, 3.05) is 47.4 Å². The maximum absolute atomic E-state index is 5.98. The number of hydrogen-bond acceptors (Lipinski definition) is 4. The molecule has 6 heteroatoms. The lowest BCUT2D eigenvalue weighted by Gasteiger charge is -2.43. The number of aliphatic imine (C=N–C) groups is 1. The first-order valence-corrected chi connectivity index (χ1v) is 9.07. The van der Waals surface area contributed by atoms with E-state index in [9.17, 15) is 0 Å². The first-order chi connectivity index (χ1) is 12.1. The largest absolute Gasteiger partial charge is 0.488 e. The monoisotopic (exact) mass is 346 g/mol. The van der Waals surface area contributed by atoms with E-state index in [1.807, 2.05) is 19.2 Å². The summed E-state index contributed by atoms with van der Waals surface area (Å²) in [5.74, 6) is 1.83. The smallest absolute Gasteiger partial charge is 0.191 e. The minimum Gasteiger partial charge on any atom is -0.488 e. The van der Waals surface area contributed by atoms with Crippen LogP contribution >= 0.6 is 0 Å². The summed E-state index contributed by atoms with van der Waals surface area (Å²) < 4.78 is 11.5. The van der Waals surface area contributed by atoms with Crippen LogP contribution in [0.3, 0.4) is 0 Å². The van der Waals surface area contributed by atoms with E-state index in [1.54, 1.807) is 0 Å². The standard InChI is InChI=1S/C19H30N4O2/c1-20-18(22-14-19(23(2)3)8-10-24-11-9-19)21-13-16-12-15-6-4-5-7-17(15)25-16/h4-7,16H,8-14H2,1-3H3,(H2,20,21,22). The molecule has 1 saturated heterocycles. The number of ether oxygens (including phenoxy) is 2. The highest BCUT2D eigenvalue weighted by Gasteiger charge is 2.35. The first kappa shape index (κ1) is 18.0. The van der Waals surface area contributed by atoms with Crippen molar-refractivity contribution < 1.29 is 9.47 Å². The van der Waals surface area contributed by atoms with Crippen LogP contribution < -0.4 is 15.4 Å². The Balaban J connectivity index is 1.49. The number of rotatable bonds is 5. The maximum Gasteiger partial charge on any atom is 0.191 e. The summed E-state index contributed by atoms with van der Waals surface area (Å²) in [6.45, 7) is 3.24. The number of hydrogen-bond donors (Lipinski definition) is 2. The molecule has 0 spiro atoms. The zero-order valence-electron chi connectivity index (χ0n) is 15.5. The van der Waals surface area contributed by atoms with Crippen LogP contribution in [0.2, 0.25) is 0 Å². The zero-order valence-corrected chi connectivity index (χ0v) is 15.5. The van der Waals surface area contributed by atoms with Gasteiger partial charge >= 0.3 is 0 Å². The van der Waals surface area contributed by atoms with Crippen LogP contribution in [0, 0.1) is 0 Å². The van der Waals surface area contributed by atoms with Crippen molar-refractivity contribution in [3.63, 3.8) is 0 Å². The van der Waals surface area contributed by atoms with Crippen LogP contribution in [0.1, 0.15) is 18.4 Å². The average Bonchev–Trinajstić information content (AvgIpc) is 3.05. The number of para-hydroxylation sites is 1. The SMILES string of the molecule is CN=C(NCC1Cc2ccccc2O1)NCC1(N(C)C)CCOCC1. The number of likely N-dealkylation sites (N-methyl/N-ethyl adjacent to an activating group) is 1. The predicted molar refractivity (Wildman–Crippen MR) is 100 cm³/mol. The first-order valence-electron chi connectivity index (χ1n) is 9.07. The van der Waals surface area contributed by atoms with E-state index in [0.717, 1.165) is 57.3 Å². The fraction of sp³-hybridized carbons (Fsp3) is 0.632. The highest BCUT2D eigenvalue weighted by atomic mass is 16.5. The lowest BCUT2D eigenvalue weighted by molar-refractivity contribution is -0.00502. The number of guanidine groups is 1. The van der Waals surface area contributed by atoms with E-state index >= 15 is 0 Å². The van der Waals surface area contributed by atoms with Crippen molar-refractivity contribution >= 4 is 5.96 Å². The molecular formula is C19H30N4O2. The second kappa shape index (κ2) is 8.06. The van der Waals surface area contributed by atoms with E-state index in [-0.39, 0.29) is 11.6 Å². The van der Waals surface area contributed by atoms with Crippen LogP contribution in [-0.2, 0) is 11.2 Å². The third-order valence-electron chi connectivity index (χ3n) is 5.39. The predicted octanol–water partition coefficient (Wildman–Crippen LogP) is 1.27. The molecule has 1 unspecified atom stereocenters. The lowest BCUT2D eigenvalue weighted by atomic mass is 9.88. The molecule has 0 radical (unpaired) electrons. The summed E-state index contributed by atoms with van der Waals surface area (Å²) in [5, 5.41) is 6.90. The quantitative estimate of drug-likeness (QED) is 0.621. The molecule has 138 valence electrons. The molecule has 2 aliphatic heterocycles. The molecule has 1 atom stereocenters. The van der Waals surface area contributed by atoms with Crippen molar-refractivity contribution in [3.05, 3.63) is 29.8 Å². The Morgan fingerprint density at radius 3 is 2.68 bits per heavy atom. The lowest BCUT2D eigenvalue weighted by Crippen LogP contribution is -2.57. The van der Waals surface area contributed by atoms with E-state index in [0.29, 0.717) is 0 Å². The summed E-state index contributed by atoms with van der Waals surface area (Å²) in [7, 11) is 6.10. The molecule has 0 aromatic heterocycles. The fourth-order valence-electron chi connectivity index (χ4n) is 3.58. The van der Waals surface area contributed by atoms with Gasteiger partial charge in [0.15, 0.2) is 5.96 Å². The van der Waals surface area contributed by atoms with Gasteiger partial charge in [0.05, 0.1) is 6.54 Å². The van der Waals surface area contributed by atoms with Crippen LogP contribution in [0.15, 0.2) is 29.3 Å². The summed E-state index contributed by atoms with van der Waals surface area (Å²) in [4.78, 5) is 6.67. The van der Waals surface area contributed by atoms with Gasteiger partial charge in [0.25, 0.3) is 0 Å². The third kappa shape index (κ3) is 4.25. The van der Waals surface area contributed by atoms with E-state index < -0.39 is 0 Å². The molecule has 25 heavy (non-hydrogen) atoms. The average molecular weight is 346 g/mol. The Labute approximate surface area is 150 Å². The van der Waals surface area contributed by atoms with Crippen LogP contribution in [0.4, 0.5) is 0 Å². The second-order valence-electron chi connectivity index (χ2n) is 7.09. The topological polar surface area (TPSA) is 58.1 Å². The van der Waals surface area contributed by atoms with E-state index in [4.69, 9.17) is 9.47 Å². The minimum absolute atomic E-state index is 0.121. The molecule has 6 nitrogen and oxygen atoms in total. The van der Waals surface area contributed by atoms with Gasteiger partial charge in [-0.3, -0.25) is 4.99 Å². The normalized spacial score (nSPS) is 22.4. The fourth-order valence-corrected chi connectivity index (χ4v) is 3.58. The molecule has 1 aromatic rings. The van der Waals surface area contributed by atoms with Crippen molar-refractivity contribution in [1.82, 2.24) is 15.5 Å². The van der Waals surface area contributed by atoms with Crippen LogP contribution in [0.25, 0.3) is 0 Å². The summed E-state index contributed by atoms with van der Waals surface area (Å²) in [6.07, 6.45) is 3.16. The van der Waals surface area contributed by atoms with Gasteiger partial charge in [-0.15, -0.1) is 0 Å². The summed E-state index contributed by atoms with van der Waals surface area (Å²) in [5.41, 5.74) is 1.40. The van der Waals surface area contributed by atoms with Gasteiger partial charge in [-0.1, -0.05) is 18.2 Å². The summed E-state index contributed by atoms with van der Waals surface area (Å²) in [6, 6.07) is 8.25. The van der Waals surface area contributed by atoms with Gasteiger partial charge in [0, 0.05) is 38.8 Å². The number of benzene rings is 1. The Morgan fingerprint density at radius 2 is 2.00 bits per heavy atom. The zero-order chi connectivity index (χ0) is 17.7. The number of nitrogens with one attached hydrogen (secondary N) is 2. The highest BCUT2D eigenvalue weighted by molar-refractivity contribution is 5.79. The molecule has 0 saturated carbocycles. The van der Waals surface area contributed by atoms with Crippen molar-refractivity contribution in [2.45, 2.75) is 30.9 Å². The maximum atomic E-state index is 5.98. The number of nitrogens with zero attached hydrogens (tertiary/aromatic N) is 2. The molecular weight excluding hydrogens is 316 g/mol. The molecule has 1 aromatic carbocycles. The molecule has 0 aliphatic carbocycles. The van der Waals surface area contributed by atoms with Gasteiger partial charge in [0.2, 0.25) is 0 Å². The molecule has 2 aliphatic rings. The molecule has 3 rings (SSSR count). The van der Waals surface area contributed by atoms with Crippen molar-refractivity contribution in [2.24, 2.45) is 4.99 Å². The Hall–Kier alpha value is -1.79. The van der Waals surface area contributed by atoms with Crippen LogP contribution in [0.5, 0.6) is 5.75 Å². The Bertz CT molecular complexity index is 572. The molecule has 0 bridgehead atoms. The second-order valence-corrected chi connectivity index (χ2v) is 7.09. The van der Waals surface area contributed by atoms with Gasteiger partial charge in [-0.25, -0.2) is 0 Å². The molecule has 2 N–H and O–H groups in total. The Kier molecular flexibility index (Phi) is 5.81. The van der Waals surface area contributed by atoms with Gasteiger partial charge in [0.1, 0.15) is 11.9 Å². The van der Waals surface area contributed by atoms with Crippen molar-refractivity contribution in [1.29, 1.82) is 0 Å². The van der Waals surface area contributed by atoms with E-state index in [1.165, 1.54) is 5.56 Å². The minimum atomic E-state index is 0.121. The number of fused-ring (bicyclic) bond motifs is 1. The van der Waals surface area contributed by atoms with Gasteiger partial charge in [-0.2, -0.15) is 0 Å². The van der Waals surface area contributed by atoms with Gasteiger partial charge in [-0.05, 0) is 38.6 Å². The summed E-state index contributed by atoms with van der Waals surface area (Å²) >= 11 is 0. The van der Waals surface area contributed by atoms with Gasteiger partial charge < -0.3 is 25.0 Å². The molecule has 0 amide bonds. The van der Waals surface area contributed by atoms with Crippen molar-refractivity contribution in [3.8, 4) is 5.75 Å². The van der Waals surface area contributed by atoms with E-state index in [2.05, 4.69) is 46.8 Å². The Morgan fingerprint density at radius 1 is 1.24 bits per heavy atom.